The molecule has 0 saturated carbocycles. The molecule has 2 aromatic heterocycles. The largest absolute Gasteiger partial charge is 0.496 e. The summed E-state index contributed by atoms with van der Waals surface area (Å²) in [6.07, 6.45) is -0.207. The lowest BCUT2D eigenvalue weighted by molar-refractivity contribution is -0.138. The molecular formula is C22H20F3N5O3. The van der Waals surface area contributed by atoms with Crippen LogP contribution in [0.25, 0.3) is 0 Å². The minimum atomic E-state index is -4.60. The average molecular weight is 459 g/mol. The highest BCUT2D eigenvalue weighted by Crippen LogP contribution is 2.39. The Balaban J connectivity index is 1.70. The summed E-state index contributed by atoms with van der Waals surface area (Å²) in [5.74, 6) is -1.50. The minimum absolute atomic E-state index is 0.0478. The Morgan fingerprint density at radius 1 is 1.24 bits per heavy atom. The van der Waals surface area contributed by atoms with E-state index in [1.165, 1.54) is 28.0 Å². The minimum Gasteiger partial charge on any atom is -0.496 e. The number of hydrogen-bond donors (Lipinski definition) is 1. The number of benzene rings is 1. The number of pyridine rings is 1. The van der Waals surface area contributed by atoms with Crippen LogP contribution in [0.15, 0.2) is 42.9 Å². The Morgan fingerprint density at radius 2 is 2.00 bits per heavy atom. The van der Waals surface area contributed by atoms with Gasteiger partial charge in [-0.1, -0.05) is 0 Å². The van der Waals surface area contributed by atoms with E-state index in [9.17, 15) is 22.8 Å². The summed E-state index contributed by atoms with van der Waals surface area (Å²) in [4.78, 5) is 31.6. The molecule has 0 saturated heterocycles. The topological polar surface area (TPSA) is 89.3 Å². The van der Waals surface area contributed by atoms with E-state index in [0.717, 1.165) is 24.8 Å². The van der Waals surface area contributed by atoms with Crippen LogP contribution in [0.2, 0.25) is 0 Å². The SMILES string of the molecule is COc1cc(N2C[C@H](C)n3ncc(C(=O)Nc4cnccc4C)c3C2=O)ccc1C(F)(F)F. The van der Waals surface area contributed by atoms with Crippen LogP contribution in [0.5, 0.6) is 5.75 Å². The quantitative estimate of drug-likeness (QED) is 0.635. The summed E-state index contributed by atoms with van der Waals surface area (Å²) in [7, 11) is 1.13. The number of nitrogens with one attached hydrogen (secondary N) is 1. The first-order valence-electron chi connectivity index (χ1n) is 9.98. The van der Waals surface area contributed by atoms with E-state index in [4.69, 9.17) is 4.74 Å². The predicted molar refractivity (Wildman–Crippen MR) is 114 cm³/mol. The zero-order chi connectivity index (χ0) is 23.9. The molecule has 3 aromatic rings. The third kappa shape index (κ3) is 4.01. The molecule has 1 aromatic carbocycles. The number of amides is 2. The van der Waals surface area contributed by atoms with Crippen molar-refractivity contribution in [1.29, 1.82) is 0 Å². The van der Waals surface area contributed by atoms with E-state index >= 15 is 0 Å². The van der Waals surface area contributed by atoms with Gasteiger partial charge < -0.3 is 15.0 Å². The smallest absolute Gasteiger partial charge is 0.419 e. The second-order valence-electron chi connectivity index (χ2n) is 7.64. The number of nitrogens with zero attached hydrogens (tertiary/aromatic N) is 4. The molecule has 0 bridgehead atoms. The van der Waals surface area contributed by atoms with Crippen LogP contribution in [0.1, 0.15) is 44.9 Å². The lowest BCUT2D eigenvalue weighted by atomic mass is 10.1. The number of carbonyl (C=O) groups excluding carboxylic acids is 2. The van der Waals surface area contributed by atoms with Crippen LogP contribution in [0.3, 0.4) is 0 Å². The molecule has 2 amide bonds. The van der Waals surface area contributed by atoms with Crippen molar-refractivity contribution in [2.24, 2.45) is 0 Å². The average Bonchev–Trinajstić information content (AvgIpc) is 3.23. The van der Waals surface area contributed by atoms with Crippen molar-refractivity contribution in [3.05, 3.63) is 65.2 Å². The van der Waals surface area contributed by atoms with E-state index in [2.05, 4.69) is 15.4 Å². The first kappa shape index (κ1) is 22.3. The number of fused-ring (bicyclic) bond motifs is 1. The van der Waals surface area contributed by atoms with Crippen LogP contribution in [0, 0.1) is 6.92 Å². The van der Waals surface area contributed by atoms with Crippen molar-refractivity contribution in [3.8, 4) is 5.75 Å². The molecule has 172 valence electrons. The normalized spacial score (nSPS) is 15.9. The third-order valence-corrected chi connectivity index (χ3v) is 5.44. The summed E-state index contributed by atoms with van der Waals surface area (Å²) in [5.41, 5.74) is 0.660. The van der Waals surface area contributed by atoms with Crippen molar-refractivity contribution in [1.82, 2.24) is 14.8 Å². The molecule has 1 N–H and O–H groups in total. The number of hydrogen-bond acceptors (Lipinski definition) is 5. The Hall–Kier alpha value is -3.89. The number of ether oxygens (including phenoxy) is 1. The number of rotatable bonds is 4. The highest BCUT2D eigenvalue weighted by Gasteiger charge is 2.38. The first-order valence-corrected chi connectivity index (χ1v) is 9.98. The van der Waals surface area contributed by atoms with Crippen molar-refractivity contribution in [2.45, 2.75) is 26.1 Å². The Labute approximate surface area is 187 Å². The van der Waals surface area contributed by atoms with Gasteiger partial charge in [-0.15, -0.1) is 0 Å². The lowest BCUT2D eigenvalue weighted by Gasteiger charge is -2.32. The van der Waals surface area contributed by atoms with Crippen LogP contribution in [-0.2, 0) is 6.18 Å². The predicted octanol–water partition coefficient (Wildman–Crippen LogP) is 4.09. The molecular weight excluding hydrogens is 439 g/mol. The lowest BCUT2D eigenvalue weighted by Crippen LogP contribution is -2.43. The summed E-state index contributed by atoms with van der Waals surface area (Å²) in [6, 6.07) is 4.65. The molecule has 0 spiro atoms. The maximum absolute atomic E-state index is 13.4. The second kappa shape index (κ2) is 8.23. The van der Waals surface area contributed by atoms with Gasteiger partial charge in [0.05, 0.1) is 42.4 Å². The first-order chi connectivity index (χ1) is 15.6. The van der Waals surface area contributed by atoms with Gasteiger partial charge in [0.15, 0.2) is 0 Å². The molecule has 0 radical (unpaired) electrons. The van der Waals surface area contributed by atoms with Gasteiger partial charge in [-0.25, -0.2) is 0 Å². The number of anilines is 2. The number of carbonyl (C=O) groups is 2. The molecule has 33 heavy (non-hydrogen) atoms. The van der Waals surface area contributed by atoms with Crippen molar-refractivity contribution in [3.63, 3.8) is 0 Å². The van der Waals surface area contributed by atoms with Gasteiger partial charge in [0, 0.05) is 24.5 Å². The molecule has 3 heterocycles. The van der Waals surface area contributed by atoms with Gasteiger partial charge in [-0.05, 0) is 37.6 Å². The zero-order valence-corrected chi connectivity index (χ0v) is 18.0. The van der Waals surface area contributed by atoms with Crippen molar-refractivity contribution >= 4 is 23.2 Å². The van der Waals surface area contributed by atoms with Gasteiger partial charge >= 0.3 is 6.18 Å². The summed E-state index contributed by atoms with van der Waals surface area (Å²) < 4.78 is 46.1. The number of aryl methyl sites for hydroxylation is 1. The summed E-state index contributed by atoms with van der Waals surface area (Å²) in [5, 5.41) is 6.93. The van der Waals surface area contributed by atoms with E-state index in [-0.39, 0.29) is 29.5 Å². The standard InChI is InChI=1S/C22H20F3N5O3/c1-12-6-7-26-10-17(12)28-20(31)15-9-27-30-13(2)11-29(21(32)19(15)30)14-4-5-16(22(23,24)25)18(8-14)33-3/h4-10,13H,11H2,1-3H3,(H,28,31)/t13-/m0/s1. The highest BCUT2D eigenvalue weighted by atomic mass is 19.4. The van der Waals surface area contributed by atoms with E-state index < -0.39 is 29.3 Å². The third-order valence-electron chi connectivity index (χ3n) is 5.44. The van der Waals surface area contributed by atoms with E-state index in [1.54, 1.807) is 26.1 Å². The van der Waals surface area contributed by atoms with Gasteiger partial charge in [0.25, 0.3) is 11.8 Å². The fraction of sp³-hybridized carbons (Fsp3) is 0.273. The fourth-order valence-corrected chi connectivity index (χ4v) is 3.72. The highest BCUT2D eigenvalue weighted by molar-refractivity contribution is 6.15. The molecule has 4 rings (SSSR count). The van der Waals surface area contributed by atoms with Crippen LogP contribution in [-0.4, -0.2) is 40.2 Å². The molecule has 0 fully saturated rings. The van der Waals surface area contributed by atoms with Gasteiger partial charge in [0.1, 0.15) is 11.4 Å². The number of alkyl halides is 3. The van der Waals surface area contributed by atoms with Gasteiger partial charge in [-0.3, -0.25) is 19.3 Å². The summed E-state index contributed by atoms with van der Waals surface area (Å²) in [6.45, 7) is 3.76. The van der Waals surface area contributed by atoms with Crippen LogP contribution < -0.4 is 15.0 Å². The molecule has 1 atom stereocenters. The van der Waals surface area contributed by atoms with Gasteiger partial charge in [-0.2, -0.15) is 18.3 Å². The number of halogens is 3. The van der Waals surface area contributed by atoms with Crippen molar-refractivity contribution in [2.75, 3.05) is 23.9 Å². The molecule has 0 unspecified atom stereocenters. The molecule has 0 aliphatic carbocycles. The van der Waals surface area contributed by atoms with E-state index in [0.29, 0.717) is 5.69 Å². The molecule has 8 nitrogen and oxygen atoms in total. The monoisotopic (exact) mass is 459 g/mol. The van der Waals surface area contributed by atoms with E-state index in [1.807, 2.05) is 0 Å². The van der Waals surface area contributed by atoms with Crippen molar-refractivity contribution < 1.29 is 27.5 Å². The van der Waals surface area contributed by atoms with Crippen LogP contribution in [0.4, 0.5) is 24.5 Å². The fourth-order valence-electron chi connectivity index (χ4n) is 3.72. The Morgan fingerprint density at radius 3 is 2.67 bits per heavy atom. The maximum atomic E-state index is 13.4. The number of aromatic nitrogens is 3. The molecule has 1 aliphatic rings. The number of methoxy groups -OCH3 is 1. The Kier molecular flexibility index (Phi) is 5.56. The Bertz CT molecular complexity index is 1240. The summed E-state index contributed by atoms with van der Waals surface area (Å²) >= 11 is 0. The maximum Gasteiger partial charge on any atom is 0.419 e. The van der Waals surface area contributed by atoms with Gasteiger partial charge in [0.2, 0.25) is 0 Å². The second-order valence-corrected chi connectivity index (χ2v) is 7.64. The zero-order valence-electron chi connectivity index (χ0n) is 18.0. The molecule has 1 aliphatic heterocycles. The van der Waals surface area contributed by atoms with Crippen LogP contribution >= 0.6 is 0 Å². The molecule has 11 heteroatoms.